The molecule has 160 valence electrons. The van der Waals surface area contributed by atoms with Gasteiger partial charge in [0.05, 0.1) is 14.2 Å². The molecule has 3 rings (SSSR count). The zero-order valence-electron chi connectivity index (χ0n) is 17.5. The molecular formula is C23H26O7. The fourth-order valence-corrected chi connectivity index (χ4v) is 3.48. The number of aliphatic hydroxyl groups is 1. The average molecular weight is 414 g/mol. The highest BCUT2D eigenvalue weighted by atomic mass is 16.7. The molecule has 0 aromatic heterocycles. The third-order valence-corrected chi connectivity index (χ3v) is 5.19. The number of hydrogen-bond acceptors (Lipinski definition) is 7. The van der Waals surface area contributed by atoms with E-state index in [4.69, 9.17) is 18.9 Å². The molecule has 1 aliphatic rings. The summed E-state index contributed by atoms with van der Waals surface area (Å²) in [6, 6.07) is 7.88. The Morgan fingerprint density at radius 1 is 1.20 bits per heavy atom. The largest absolute Gasteiger partial charge is 0.508 e. The van der Waals surface area contributed by atoms with E-state index in [-0.39, 0.29) is 22.8 Å². The molecule has 0 amide bonds. The van der Waals surface area contributed by atoms with Crippen LogP contribution in [0.1, 0.15) is 40.9 Å². The molecule has 2 aromatic carbocycles. The van der Waals surface area contributed by atoms with E-state index in [0.717, 1.165) is 5.57 Å². The lowest BCUT2D eigenvalue weighted by Gasteiger charge is -2.38. The van der Waals surface area contributed by atoms with Gasteiger partial charge in [-0.05, 0) is 43.0 Å². The maximum absolute atomic E-state index is 13.3. The topological polar surface area (TPSA) is 94.5 Å². The number of phenolic OH excluding ortho intramolecular Hbond substituents is 1. The second-order valence-electron chi connectivity index (χ2n) is 7.28. The van der Waals surface area contributed by atoms with Crippen molar-refractivity contribution in [3.8, 4) is 23.0 Å². The lowest BCUT2D eigenvalue weighted by atomic mass is 9.88. The van der Waals surface area contributed by atoms with E-state index in [1.807, 2.05) is 6.92 Å². The lowest BCUT2D eigenvalue weighted by molar-refractivity contribution is -0.205. The molecule has 2 aromatic rings. The smallest absolute Gasteiger partial charge is 0.274 e. The Kier molecular flexibility index (Phi) is 6.05. The standard InChI is InChI=1S/C23H26O7/c1-13(2)6-7-14-10-15(8-9-17(14)24)22-23(26,29-5)21(25)20-18(28-4)11-16(27-3)12-19(20)30-22/h8-12,22,24,26H,1,6-7H2,2-5H3. The van der Waals surface area contributed by atoms with Crippen molar-refractivity contribution in [2.75, 3.05) is 21.3 Å². The number of hydrogen-bond donors (Lipinski definition) is 2. The van der Waals surface area contributed by atoms with Gasteiger partial charge >= 0.3 is 0 Å². The number of ether oxygens (including phenoxy) is 4. The second-order valence-corrected chi connectivity index (χ2v) is 7.28. The van der Waals surface area contributed by atoms with Gasteiger partial charge < -0.3 is 29.2 Å². The molecule has 0 fully saturated rings. The van der Waals surface area contributed by atoms with Crippen LogP contribution in [0.2, 0.25) is 0 Å². The van der Waals surface area contributed by atoms with Gasteiger partial charge in [0.1, 0.15) is 28.6 Å². The van der Waals surface area contributed by atoms with Crippen LogP contribution in [0, 0.1) is 0 Å². The van der Waals surface area contributed by atoms with Crippen LogP contribution in [0.25, 0.3) is 0 Å². The number of ketones is 1. The number of phenols is 1. The summed E-state index contributed by atoms with van der Waals surface area (Å²) in [6.07, 6.45) is 0.0792. The zero-order valence-corrected chi connectivity index (χ0v) is 17.5. The van der Waals surface area contributed by atoms with Gasteiger partial charge in [-0.25, -0.2) is 0 Å². The van der Waals surface area contributed by atoms with Crippen LogP contribution < -0.4 is 14.2 Å². The monoisotopic (exact) mass is 414 g/mol. The van der Waals surface area contributed by atoms with E-state index in [1.54, 1.807) is 18.2 Å². The number of methoxy groups -OCH3 is 3. The Morgan fingerprint density at radius 2 is 1.93 bits per heavy atom. The fourth-order valence-electron chi connectivity index (χ4n) is 3.48. The number of aromatic hydroxyl groups is 1. The molecule has 2 unspecified atom stereocenters. The fraction of sp³-hybridized carbons (Fsp3) is 0.348. The lowest BCUT2D eigenvalue weighted by Crippen LogP contribution is -2.51. The molecule has 2 N–H and O–H groups in total. The maximum atomic E-state index is 13.3. The van der Waals surface area contributed by atoms with Gasteiger partial charge in [-0.2, -0.15) is 0 Å². The minimum Gasteiger partial charge on any atom is -0.508 e. The van der Waals surface area contributed by atoms with Crippen molar-refractivity contribution < 1.29 is 34.0 Å². The normalized spacial score (nSPS) is 20.3. The first-order chi connectivity index (χ1) is 14.2. The van der Waals surface area contributed by atoms with Gasteiger partial charge in [-0.1, -0.05) is 11.6 Å². The summed E-state index contributed by atoms with van der Waals surface area (Å²) in [5, 5.41) is 21.4. The summed E-state index contributed by atoms with van der Waals surface area (Å²) < 4.78 is 21.9. The van der Waals surface area contributed by atoms with E-state index in [0.29, 0.717) is 29.7 Å². The first kappa shape index (κ1) is 21.7. The van der Waals surface area contributed by atoms with Crippen LogP contribution in [0.4, 0.5) is 0 Å². The summed E-state index contributed by atoms with van der Waals surface area (Å²) in [5.74, 6) is -2.00. The van der Waals surface area contributed by atoms with Crippen molar-refractivity contribution in [3.63, 3.8) is 0 Å². The van der Waals surface area contributed by atoms with Gasteiger partial charge in [0.2, 0.25) is 5.78 Å². The number of Topliss-reactive ketones (excluding diaryl/α,β-unsaturated/α-hetero) is 1. The minimum absolute atomic E-state index is 0.0696. The van der Waals surface area contributed by atoms with Gasteiger partial charge in [0.15, 0.2) is 6.10 Å². The summed E-state index contributed by atoms with van der Waals surface area (Å²) in [5.41, 5.74) is 2.18. The average Bonchev–Trinajstić information content (AvgIpc) is 2.74. The molecule has 0 saturated heterocycles. The molecule has 0 saturated carbocycles. The van der Waals surface area contributed by atoms with Crippen molar-refractivity contribution in [1.29, 1.82) is 0 Å². The van der Waals surface area contributed by atoms with E-state index in [2.05, 4.69) is 6.58 Å². The SMILES string of the molecule is C=C(C)CCc1cc(C2Oc3cc(OC)cc(OC)c3C(=O)C2(O)OC)ccc1O. The molecule has 0 bridgehead atoms. The van der Waals surface area contributed by atoms with Crippen LogP contribution >= 0.6 is 0 Å². The molecule has 0 aliphatic carbocycles. The van der Waals surface area contributed by atoms with E-state index in [1.165, 1.54) is 33.5 Å². The summed E-state index contributed by atoms with van der Waals surface area (Å²) in [7, 11) is 4.13. The molecular weight excluding hydrogens is 388 g/mol. The van der Waals surface area contributed by atoms with E-state index >= 15 is 0 Å². The van der Waals surface area contributed by atoms with Crippen LogP contribution in [-0.4, -0.2) is 43.1 Å². The van der Waals surface area contributed by atoms with Crippen molar-refractivity contribution >= 4 is 5.78 Å². The summed E-state index contributed by atoms with van der Waals surface area (Å²) in [4.78, 5) is 13.3. The predicted octanol–water partition coefficient (Wildman–Crippen LogP) is 3.57. The Morgan fingerprint density at radius 3 is 2.53 bits per heavy atom. The Labute approximate surface area is 175 Å². The van der Waals surface area contributed by atoms with Crippen molar-refractivity contribution in [2.24, 2.45) is 0 Å². The van der Waals surface area contributed by atoms with Crippen LogP contribution in [0.5, 0.6) is 23.0 Å². The molecule has 30 heavy (non-hydrogen) atoms. The predicted molar refractivity (Wildman–Crippen MR) is 110 cm³/mol. The first-order valence-electron chi connectivity index (χ1n) is 9.46. The first-order valence-corrected chi connectivity index (χ1v) is 9.46. The number of carbonyl (C=O) groups is 1. The second kappa shape index (κ2) is 8.38. The molecule has 0 radical (unpaired) electrons. The summed E-state index contributed by atoms with van der Waals surface area (Å²) in [6.45, 7) is 5.79. The number of fused-ring (bicyclic) bond motifs is 1. The van der Waals surface area contributed by atoms with Gasteiger partial charge in [0.25, 0.3) is 5.79 Å². The zero-order chi connectivity index (χ0) is 22.1. The maximum Gasteiger partial charge on any atom is 0.274 e. The van der Waals surface area contributed by atoms with Crippen LogP contribution in [0.3, 0.4) is 0 Å². The summed E-state index contributed by atoms with van der Waals surface area (Å²) >= 11 is 0. The number of benzene rings is 2. The van der Waals surface area contributed by atoms with Crippen LogP contribution in [0.15, 0.2) is 42.5 Å². The van der Waals surface area contributed by atoms with E-state index in [9.17, 15) is 15.0 Å². The highest BCUT2D eigenvalue weighted by molar-refractivity contribution is 6.07. The van der Waals surface area contributed by atoms with Gasteiger partial charge in [-0.3, -0.25) is 4.79 Å². The quantitative estimate of drug-likeness (QED) is 0.528. The molecule has 7 nitrogen and oxygen atoms in total. The van der Waals surface area contributed by atoms with Gasteiger partial charge in [-0.15, -0.1) is 6.58 Å². The minimum atomic E-state index is -2.28. The third kappa shape index (κ3) is 3.74. The van der Waals surface area contributed by atoms with E-state index < -0.39 is 17.7 Å². The molecule has 2 atom stereocenters. The number of carbonyl (C=O) groups excluding carboxylic acids is 1. The number of rotatable bonds is 7. The molecule has 1 aliphatic heterocycles. The van der Waals surface area contributed by atoms with Gasteiger partial charge in [0, 0.05) is 19.2 Å². The Balaban J connectivity index is 2.11. The number of aryl methyl sites for hydroxylation is 1. The van der Waals surface area contributed by atoms with Crippen molar-refractivity contribution in [2.45, 2.75) is 31.7 Å². The highest BCUT2D eigenvalue weighted by Crippen LogP contribution is 2.47. The molecule has 0 spiro atoms. The van der Waals surface area contributed by atoms with Crippen molar-refractivity contribution in [1.82, 2.24) is 0 Å². The van der Waals surface area contributed by atoms with Crippen molar-refractivity contribution in [3.05, 3.63) is 59.2 Å². The van der Waals surface area contributed by atoms with Crippen LogP contribution in [-0.2, 0) is 11.2 Å². The molecule has 1 heterocycles. The Bertz CT molecular complexity index is 982. The number of allylic oxidation sites excluding steroid dienone is 1. The molecule has 7 heteroatoms. The highest BCUT2D eigenvalue weighted by Gasteiger charge is 2.53. The Hall–Kier alpha value is -3.03. The third-order valence-electron chi connectivity index (χ3n) is 5.19.